The Morgan fingerprint density at radius 1 is 0.411 bits per heavy atom. The first kappa shape index (κ1) is 107. The molecule has 8 atom stereocenters. The quantitative estimate of drug-likeness (QED) is 0.0203. The predicted molar refractivity (Wildman–Crippen MR) is 532 cm³/mol. The number of nitrogens with one attached hydrogen (secondary N) is 12. The lowest BCUT2D eigenvalue weighted by Gasteiger charge is -2.32. The molecule has 0 bridgehead atoms. The Kier molecular flexibility index (Phi) is 37.3. The summed E-state index contributed by atoms with van der Waals surface area (Å²) in [5.74, 6) is 3.45. The van der Waals surface area contributed by atoms with Gasteiger partial charge in [0.25, 0.3) is 41.4 Å². The molecule has 12 N–H and O–H groups in total. The van der Waals surface area contributed by atoms with Crippen molar-refractivity contribution in [2.24, 2.45) is 29.1 Å². The van der Waals surface area contributed by atoms with Gasteiger partial charge in [-0.25, -0.2) is 0 Å². The normalized spacial score (nSPS) is 21.3. The number of aromatic amines is 6. The zero-order valence-electron chi connectivity index (χ0n) is 84.8. The Bertz CT molecular complexity index is 5610. The van der Waals surface area contributed by atoms with Crippen molar-refractivity contribution in [1.29, 1.82) is 0 Å². The molecule has 12 heterocycles. The Morgan fingerprint density at radius 2 is 0.723 bits per heavy atom. The Labute approximate surface area is 825 Å². The van der Waals surface area contributed by atoms with E-state index in [0.29, 0.717) is 172 Å². The molecule has 6 aromatic heterocycles. The standard InChI is InChI=1S/C20H26N4O3.C20H24N4O2.C17H26N4O2.2C16H24N4O2.C14H22N4O3/c1-4-27-18-8-6-5-7-15(18)19(25)21-14-9-10-24(12-14)20(26)17-11-16(13(2)3)22-23-17;1-14(2)17-12-18(23-22-17)20(26)24-11-10-16(13-24)21-19(25)9-8-15-6-4-3-5-7-15;1-10(2)14-8-15(20-19-14)17(23)21-5-4-13(9-21)18-16(22)12-6-11(3)7-12;1-10(2)12-8-13(19-18-12)14(21)20-7-4-11(9-20)17-15(22)16(3)5-6-16;1-9(2)13-7-14(19-18-13)16(22)20-5-4-11(8-20)17-15(21)12-6-10(12)3;1-9(2)11-6-12(17-16-11)14(20)18-5-4-10(7-18)15-13(19)8-21-3/h5-8,11,13-14H,4,9-10,12H2,1-3H3,(H,21,25)(H,22,23);3-9,12,14,16H,10-11,13H2,1-2H3,(H,21,25)(H,22,23);8,10-13H,4-7,9H2,1-3H3,(H,18,22)(H,19,20);8,10-11H,4-7,9H2,1-3H3,(H,17,22)(H,18,19);7,9-12H,4-6,8H2,1-3H3,(H,17,21)(H,18,19);6,9-10H,4-5,7-8H2,1-3H3,(H,15,19)(H,16,17)/b;9-8+;;;;. The van der Waals surface area contributed by atoms with E-state index in [2.05, 4.69) is 148 Å². The summed E-state index contributed by atoms with van der Waals surface area (Å²) in [6.07, 6.45) is 12.9. The van der Waals surface area contributed by atoms with Crippen molar-refractivity contribution in [3.05, 3.63) is 177 Å². The van der Waals surface area contributed by atoms with Crippen LogP contribution in [0, 0.1) is 29.1 Å². The van der Waals surface area contributed by atoms with Crippen molar-refractivity contribution >= 4 is 77.0 Å². The van der Waals surface area contributed by atoms with Gasteiger partial charge in [0.2, 0.25) is 29.5 Å². The first-order valence-corrected chi connectivity index (χ1v) is 50.1. The number of carbonyl (C=O) groups excluding carboxylic acids is 12. The first-order valence-electron chi connectivity index (χ1n) is 50.1. The van der Waals surface area contributed by atoms with Gasteiger partial charge in [0, 0.05) is 179 Å². The minimum absolute atomic E-state index is 0.0138. The van der Waals surface area contributed by atoms with E-state index in [0.717, 1.165) is 110 Å². The summed E-state index contributed by atoms with van der Waals surface area (Å²) in [7, 11) is 1.48. The molecule has 12 amide bonds. The number of likely N-dealkylation sites (tertiary alicyclic amines) is 6. The van der Waals surface area contributed by atoms with Gasteiger partial charge < -0.3 is 70.8 Å². The second-order valence-corrected chi connectivity index (χ2v) is 40.9. The number of hydrogen-bond donors (Lipinski definition) is 12. The maximum absolute atomic E-state index is 12.6. The summed E-state index contributed by atoms with van der Waals surface area (Å²) in [6, 6.07) is 27.8. The van der Waals surface area contributed by atoms with Crippen LogP contribution in [0.4, 0.5) is 0 Å². The number of rotatable bonds is 28. The average molecular weight is 1940 g/mol. The fourth-order valence-electron chi connectivity index (χ4n) is 17.6. The molecule has 9 aliphatic rings. The highest BCUT2D eigenvalue weighted by atomic mass is 16.5. The van der Waals surface area contributed by atoms with E-state index < -0.39 is 0 Å². The van der Waals surface area contributed by atoms with Crippen LogP contribution in [0.5, 0.6) is 5.75 Å². The van der Waals surface area contributed by atoms with E-state index in [1.165, 1.54) is 13.2 Å². The van der Waals surface area contributed by atoms with Gasteiger partial charge in [0.05, 0.1) is 12.2 Å². The minimum atomic E-state index is -0.180. The van der Waals surface area contributed by atoms with E-state index in [-0.39, 0.29) is 137 Å². The van der Waals surface area contributed by atoms with E-state index in [1.54, 1.807) is 59.7 Å². The monoisotopic (exact) mass is 1940 g/mol. The largest absolute Gasteiger partial charge is 0.493 e. The van der Waals surface area contributed by atoms with Crippen LogP contribution in [0.2, 0.25) is 0 Å². The number of benzene rings is 2. The highest BCUT2D eigenvalue weighted by Gasteiger charge is 2.47. The SMILES string of the molecule is CC(C)c1cc(C(=O)N2CCC(NC(=O)/C=C/c3ccccc3)C2)n[nH]1.CC(C)c1cc(C(=O)N2CCC(NC(=O)C3(C)CC3)C2)n[nH]1.CC(C)c1cc(C(=O)N2CCC(NC(=O)C3CC3C)C2)n[nH]1.CC1CC(C(=O)NC2CCN(C(=O)c3cc(C(C)C)[nH]n3)C2)C1.CCOc1ccccc1C(=O)NC1CCN(C(=O)c2cc(C(C)C)[nH]n2)C1.COCC(=O)NC1CCN(C(=O)c2cc(C(C)C)[nH]n2)C1. The third-order valence-electron chi connectivity index (χ3n) is 27.2. The number of aromatic nitrogens is 12. The third kappa shape index (κ3) is 29.7. The Hall–Kier alpha value is -13.2. The van der Waals surface area contributed by atoms with Crippen molar-refractivity contribution in [2.75, 3.05) is 98.9 Å². The number of H-pyrrole nitrogens is 6. The summed E-state index contributed by atoms with van der Waals surface area (Å²) in [6.45, 7) is 40.4. The summed E-state index contributed by atoms with van der Waals surface area (Å²) in [5, 5.41) is 60.2. The number of nitrogens with zero attached hydrogens (tertiary/aromatic N) is 12. The van der Waals surface area contributed by atoms with Crippen LogP contribution >= 0.6 is 0 Å². The first-order chi connectivity index (χ1) is 67.3. The summed E-state index contributed by atoms with van der Waals surface area (Å²) in [5.41, 5.74) is 9.75. The smallest absolute Gasteiger partial charge is 0.274 e. The van der Waals surface area contributed by atoms with Gasteiger partial charge in [-0.05, 0) is 185 Å². The van der Waals surface area contributed by atoms with Crippen LogP contribution in [0.15, 0.2) is 97.1 Å². The van der Waals surface area contributed by atoms with E-state index in [4.69, 9.17) is 9.47 Å². The zero-order valence-corrected chi connectivity index (χ0v) is 84.8. The average Bonchev–Trinajstić information content (AvgIpc) is 1.64. The molecule has 6 saturated heterocycles. The lowest BCUT2D eigenvalue weighted by Crippen LogP contribution is -2.44. The Balaban J connectivity index is 0.000000152. The maximum atomic E-state index is 12.6. The number of para-hydroxylation sites is 1. The van der Waals surface area contributed by atoms with Gasteiger partial charge in [-0.1, -0.05) is 146 Å². The molecule has 9 fully saturated rings. The number of ether oxygens (including phenoxy) is 2. The van der Waals surface area contributed by atoms with Crippen molar-refractivity contribution in [1.82, 2.24) is 122 Å². The molecule has 3 aliphatic carbocycles. The van der Waals surface area contributed by atoms with Crippen molar-refractivity contribution in [3.63, 3.8) is 0 Å². The molecule has 17 rings (SSSR count). The van der Waals surface area contributed by atoms with Gasteiger partial charge >= 0.3 is 0 Å². The molecular weight excluding hydrogens is 1800 g/mol. The Morgan fingerprint density at radius 3 is 1.04 bits per heavy atom. The van der Waals surface area contributed by atoms with Crippen LogP contribution < -0.4 is 36.6 Å². The molecule has 762 valence electrons. The number of amides is 12. The van der Waals surface area contributed by atoms with E-state index >= 15 is 0 Å². The van der Waals surface area contributed by atoms with E-state index in [1.807, 2.05) is 122 Å². The van der Waals surface area contributed by atoms with E-state index in [9.17, 15) is 57.5 Å². The molecule has 0 radical (unpaired) electrons. The molecule has 6 aliphatic heterocycles. The molecule has 8 unspecified atom stereocenters. The molecule has 3 saturated carbocycles. The molecule has 38 nitrogen and oxygen atoms in total. The van der Waals surface area contributed by atoms with Crippen LogP contribution in [0.3, 0.4) is 0 Å². The second-order valence-electron chi connectivity index (χ2n) is 40.9. The highest BCUT2D eigenvalue weighted by molar-refractivity contribution is 5.99. The molecule has 2 aromatic carbocycles. The van der Waals surface area contributed by atoms with Crippen molar-refractivity contribution in [2.45, 2.75) is 253 Å². The molecule has 38 heteroatoms. The molecule has 141 heavy (non-hydrogen) atoms. The lowest BCUT2D eigenvalue weighted by molar-refractivity contribution is -0.129. The number of methoxy groups -OCH3 is 1. The topological polar surface area (TPSA) is 487 Å². The highest BCUT2D eigenvalue weighted by Crippen LogP contribution is 2.45. The van der Waals surface area contributed by atoms with Crippen LogP contribution in [-0.2, 0) is 28.7 Å². The van der Waals surface area contributed by atoms with Gasteiger partial charge in [0.15, 0.2) is 0 Å². The number of carbonyl (C=O) groups is 12. The van der Waals surface area contributed by atoms with Gasteiger partial charge in [0.1, 0.15) is 46.5 Å². The molecular formula is C103H146N24O14. The second kappa shape index (κ2) is 49.3. The lowest BCUT2D eigenvalue weighted by atomic mass is 9.75. The fourth-order valence-corrected chi connectivity index (χ4v) is 17.6. The van der Waals surface area contributed by atoms with Crippen molar-refractivity contribution < 1.29 is 67.0 Å². The number of hydrogen-bond acceptors (Lipinski definition) is 20. The fraction of sp³-hybridized carbons (Fsp3) is 0.573. The van der Waals surface area contributed by atoms with Crippen LogP contribution in [0.25, 0.3) is 6.08 Å². The van der Waals surface area contributed by atoms with Crippen molar-refractivity contribution in [3.8, 4) is 5.75 Å². The minimum Gasteiger partial charge on any atom is -0.493 e. The van der Waals surface area contributed by atoms with Crippen LogP contribution in [-0.4, -0.2) is 297 Å². The van der Waals surface area contributed by atoms with Gasteiger partial charge in [-0.3, -0.25) is 88.1 Å². The summed E-state index contributed by atoms with van der Waals surface area (Å²) < 4.78 is 10.3. The zero-order chi connectivity index (χ0) is 102. The van der Waals surface area contributed by atoms with Gasteiger partial charge in [-0.15, -0.1) is 0 Å². The third-order valence-corrected chi connectivity index (χ3v) is 27.2. The van der Waals surface area contributed by atoms with Gasteiger partial charge in [-0.2, -0.15) is 30.6 Å². The molecule has 8 aromatic rings. The summed E-state index contributed by atoms with van der Waals surface area (Å²) in [4.78, 5) is 158. The van der Waals surface area contributed by atoms with Crippen LogP contribution in [0.1, 0.15) is 330 Å². The maximum Gasteiger partial charge on any atom is 0.274 e. The predicted octanol–water partition coefficient (Wildman–Crippen LogP) is 10.8. The summed E-state index contributed by atoms with van der Waals surface area (Å²) >= 11 is 0. The molecule has 0 spiro atoms.